The highest BCUT2D eigenvalue weighted by atomic mass is 17.2. The molecule has 166 valence electrons. The number of unbranched alkanes of at least 4 members (excludes halogenated alkanes) is 6. The summed E-state index contributed by atoms with van der Waals surface area (Å²) in [5.41, 5.74) is 0. The van der Waals surface area contributed by atoms with Crippen molar-refractivity contribution in [3.05, 3.63) is 25.3 Å². The maximum absolute atomic E-state index is 5.48. The van der Waals surface area contributed by atoms with Crippen molar-refractivity contribution < 1.29 is 28.7 Å². The Morgan fingerprint density at radius 2 is 0.750 bits per heavy atom. The van der Waals surface area contributed by atoms with Gasteiger partial charge in [-0.3, -0.25) is 0 Å². The zero-order valence-corrected chi connectivity index (χ0v) is 17.7. The Hall–Kier alpha value is -0.760. The lowest BCUT2D eigenvalue weighted by Crippen LogP contribution is -2.05. The number of ether oxygens (including phenoxy) is 4. The number of hydrogen-bond acceptors (Lipinski definition) is 6. The summed E-state index contributed by atoms with van der Waals surface area (Å²) >= 11 is 0. The van der Waals surface area contributed by atoms with Crippen LogP contribution in [0, 0.1) is 0 Å². The van der Waals surface area contributed by atoms with E-state index in [4.69, 9.17) is 28.7 Å². The van der Waals surface area contributed by atoms with Crippen molar-refractivity contribution in [2.75, 3.05) is 66.1 Å². The molecule has 0 aliphatic carbocycles. The standard InChI is InChI=1S/C22H42O6/c1-3-13-23-19-21-25-15-9-5-7-11-17-27-28-18-12-8-6-10-16-26-22-20-24-14-4-2/h3-4H,1-2,5-22H2. The molecule has 0 aliphatic heterocycles. The summed E-state index contributed by atoms with van der Waals surface area (Å²) < 4.78 is 21.4. The van der Waals surface area contributed by atoms with Gasteiger partial charge in [-0.2, -0.15) is 0 Å². The summed E-state index contributed by atoms with van der Waals surface area (Å²) in [6.45, 7) is 13.9. The molecular weight excluding hydrogens is 360 g/mol. The molecule has 0 fully saturated rings. The third kappa shape index (κ3) is 25.2. The summed E-state index contributed by atoms with van der Waals surface area (Å²) in [6, 6.07) is 0. The van der Waals surface area contributed by atoms with Crippen LogP contribution in [0.2, 0.25) is 0 Å². The van der Waals surface area contributed by atoms with Crippen molar-refractivity contribution in [2.24, 2.45) is 0 Å². The second-order valence-electron chi connectivity index (χ2n) is 6.42. The van der Waals surface area contributed by atoms with Crippen molar-refractivity contribution in [1.29, 1.82) is 0 Å². The predicted molar refractivity (Wildman–Crippen MR) is 113 cm³/mol. The SMILES string of the molecule is C=CCOCCOCCCCCCOOCCCCCCOCCOCC=C. The van der Waals surface area contributed by atoms with Crippen molar-refractivity contribution in [2.45, 2.75) is 51.4 Å². The summed E-state index contributed by atoms with van der Waals surface area (Å²) in [7, 11) is 0. The summed E-state index contributed by atoms with van der Waals surface area (Å²) in [5, 5.41) is 0. The van der Waals surface area contributed by atoms with Gasteiger partial charge in [0.2, 0.25) is 0 Å². The highest BCUT2D eigenvalue weighted by molar-refractivity contribution is 4.63. The van der Waals surface area contributed by atoms with E-state index in [-0.39, 0.29) is 0 Å². The van der Waals surface area contributed by atoms with Gasteiger partial charge in [0.15, 0.2) is 0 Å². The maximum Gasteiger partial charge on any atom is 0.0822 e. The second-order valence-corrected chi connectivity index (χ2v) is 6.42. The molecule has 0 unspecified atom stereocenters. The summed E-state index contributed by atoms with van der Waals surface area (Å²) in [6.07, 6.45) is 12.3. The van der Waals surface area contributed by atoms with Crippen LogP contribution < -0.4 is 0 Å². The fourth-order valence-electron chi connectivity index (χ4n) is 2.33. The fraction of sp³-hybridized carbons (Fsp3) is 0.818. The number of hydrogen-bond donors (Lipinski definition) is 0. The fourth-order valence-corrected chi connectivity index (χ4v) is 2.33. The van der Waals surface area contributed by atoms with Gasteiger partial charge in [-0.15, -0.1) is 13.2 Å². The highest BCUT2D eigenvalue weighted by Gasteiger charge is 1.95. The van der Waals surface area contributed by atoms with Gasteiger partial charge in [0.1, 0.15) is 0 Å². The summed E-state index contributed by atoms with van der Waals surface area (Å²) in [4.78, 5) is 10.4. The molecule has 0 saturated heterocycles. The molecule has 0 bridgehead atoms. The average molecular weight is 403 g/mol. The first kappa shape index (κ1) is 27.2. The van der Waals surface area contributed by atoms with E-state index in [1.165, 1.54) is 0 Å². The van der Waals surface area contributed by atoms with Gasteiger partial charge >= 0.3 is 0 Å². The monoisotopic (exact) mass is 402 g/mol. The average Bonchev–Trinajstić information content (AvgIpc) is 2.71. The molecule has 28 heavy (non-hydrogen) atoms. The van der Waals surface area contributed by atoms with Gasteiger partial charge in [-0.1, -0.05) is 37.8 Å². The molecule has 0 aliphatic rings. The van der Waals surface area contributed by atoms with Gasteiger partial charge in [0.25, 0.3) is 0 Å². The Labute approximate surface area is 172 Å². The van der Waals surface area contributed by atoms with E-state index < -0.39 is 0 Å². The lowest BCUT2D eigenvalue weighted by Gasteiger charge is -2.06. The molecule has 0 saturated carbocycles. The minimum atomic E-state index is 0.591. The van der Waals surface area contributed by atoms with Gasteiger partial charge in [-0.05, 0) is 25.7 Å². The van der Waals surface area contributed by atoms with E-state index in [0.29, 0.717) is 52.9 Å². The van der Waals surface area contributed by atoms with Crippen LogP contribution in [0.15, 0.2) is 25.3 Å². The van der Waals surface area contributed by atoms with Crippen LogP contribution in [0.25, 0.3) is 0 Å². The van der Waals surface area contributed by atoms with Gasteiger partial charge in [-0.25, -0.2) is 9.78 Å². The maximum atomic E-state index is 5.48. The van der Waals surface area contributed by atoms with Gasteiger partial charge in [0.05, 0.1) is 52.9 Å². The van der Waals surface area contributed by atoms with Crippen molar-refractivity contribution in [3.63, 3.8) is 0 Å². The minimum Gasteiger partial charge on any atom is -0.379 e. The zero-order chi connectivity index (χ0) is 20.4. The molecule has 0 N–H and O–H groups in total. The Morgan fingerprint density at radius 1 is 0.393 bits per heavy atom. The quantitative estimate of drug-likeness (QED) is 0.0970. The Bertz CT molecular complexity index is 281. The molecule has 0 aromatic heterocycles. The third-order valence-corrected chi connectivity index (χ3v) is 3.83. The van der Waals surface area contributed by atoms with Crippen LogP contribution in [-0.2, 0) is 28.7 Å². The molecular formula is C22H42O6. The first-order valence-electron chi connectivity index (χ1n) is 10.7. The van der Waals surface area contributed by atoms with Crippen LogP contribution in [0.4, 0.5) is 0 Å². The molecule has 0 amide bonds. The Balaban J connectivity index is 2.98. The molecule has 0 heterocycles. The smallest absolute Gasteiger partial charge is 0.0822 e. The lowest BCUT2D eigenvalue weighted by atomic mass is 10.2. The minimum absolute atomic E-state index is 0.591. The van der Waals surface area contributed by atoms with Crippen molar-refractivity contribution in [1.82, 2.24) is 0 Å². The molecule has 6 heteroatoms. The molecule has 0 aromatic carbocycles. The Kier molecular flexibility index (Phi) is 25.5. The van der Waals surface area contributed by atoms with E-state index in [0.717, 1.165) is 64.6 Å². The largest absolute Gasteiger partial charge is 0.379 e. The van der Waals surface area contributed by atoms with E-state index in [9.17, 15) is 0 Å². The van der Waals surface area contributed by atoms with Crippen LogP contribution in [-0.4, -0.2) is 66.1 Å². The van der Waals surface area contributed by atoms with E-state index >= 15 is 0 Å². The van der Waals surface area contributed by atoms with Gasteiger partial charge < -0.3 is 18.9 Å². The molecule has 0 aromatic rings. The molecule has 0 atom stereocenters. The number of rotatable bonds is 25. The zero-order valence-electron chi connectivity index (χ0n) is 17.7. The first-order chi connectivity index (χ1) is 13.9. The lowest BCUT2D eigenvalue weighted by molar-refractivity contribution is -0.295. The molecule has 0 rings (SSSR count). The van der Waals surface area contributed by atoms with Crippen LogP contribution in [0.3, 0.4) is 0 Å². The third-order valence-electron chi connectivity index (χ3n) is 3.83. The summed E-state index contributed by atoms with van der Waals surface area (Å²) in [5.74, 6) is 0. The molecule has 0 spiro atoms. The molecule has 6 nitrogen and oxygen atoms in total. The topological polar surface area (TPSA) is 55.4 Å². The van der Waals surface area contributed by atoms with E-state index in [1.54, 1.807) is 12.2 Å². The van der Waals surface area contributed by atoms with Crippen LogP contribution in [0.5, 0.6) is 0 Å². The van der Waals surface area contributed by atoms with Crippen LogP contribution in [0.1, 0.15) is 51.4 Å². The first-order valence-corrected chi connectivity index (χ1v) is 10.7. The Morgan fingerprint density at radius 3 is 1.14 bits per heavy atom. The normalized spacial score (nSPS) is 11.0. The van der Waals surface area contributed by atoms with Crippen molar-refractivity contribution >= 4 is 0 Å². The second kappa shape index (κ2) is 26.2. The predicted octanol–water partition coefficient (Wildman–Crippen LogP) is 4.49. The van der Waals surface area contributed by atoms with Crippen molar-refractivity contribution in [3.8, 4) is 0 Å². The highest BCUT2D eigenvalue weighted by Crippen LogP contribution is 2.03. The van der Waals surface area contributed by atoms with E-state index in [2.05, 4.69) is 13.2 Å². The van der Waals surface area contributed by atoms with E-state index in [1.807, 2.05) is 0 Å². The van der Waals surface area contributed by atoms with Gasteiger partial charge in [0, 0.05) is 13.2 Å². The molecule has 0 radical (unpaired) electrons. The van der Waals surface area contributed by atoms with Crippen LogP contribution >= 0.6 is 0 Å².